The molecular formula is C30H22IrN2S-2. The third-order valence-electron chi connectivity index (χ3n) is 5.18. The first-order valence-corrected chi connectivity index (χ1v) is 11.2. The summed E-state index contributed by atoms with van der Waals surface area (Å²) >= 11 is 1.61. The van der Waals surface area contributed by atoms with Crippen LogP contribution in [0.5, 0.6) is 0 Å². The topological polar surface area (TPSA) is 25.8 Å². The Labute approximate surface area is 224 Å². The molecule has 3 aromatic heterocycles. The van der Waals surface area contributed by atoms with Crippen molar-refractivity contribution in [1.29, 1.82) is 0 Å². The van der Waals surface area contributed by atoms with Gasteiger partial charge in [0.05, 0.1) is 2.74 Å². The predicted octanol–water partition coefficient (Wildman–Crippen LogP) is 8.08. The quantitative estimate of drug-likeness (QED) is 0.179. The number of pyridine rings is 2. The molecule has 1 radical (unpaired) electrons. The Balaban J connectivity index is 0.000000228. The minimum atomic E-state index is -2.46. The van der Waals surface area contributed by atoms with E-state index in [-0.39, 0.29) is 43.4 Å². The maximum Gasteiger partial charge on any atom is 0.0618 e. The molecule has 0 N–H and O–H groups in total. The first-order chi connectivity index (χ1) is 18.3. The second-order valence-electron chi connectivity index (χ2n) is 7.41. The van der Waals surface area contributed by atoms with Crippen molar-refractivity contribution in [3.05, 3.63) is 121 Å². The van der Waals surface area contributed by atoms with Gasteiger partial charge >= 0.3 is 0 Å². The summed E-state index contributed by atoms with van der Waals surface area (Å²) in [6.07, 6.45) is 2.98. The molecule has 169 valence electrons. The summed E-state index contributed by atoms with van der Waals surface area (Å²) in [5.41, 5.74) is 3.91. The van der Waals surface area contributed by atoms with E-state index in [4.69, 9.17) is 6.85 Å². The van der Waals surface area contributed by atoms with Crippen molar-refractivity contribution in [2.75, 3.05) is 0 Å². The fourth-order valence-electron chi connectivity index (χ4n) is 3.60. The van der Waals surface area contributed by atoms with Crippen molar-refractivity contribution < 1.29 is 27.0 Å². The van der Waals surface area contributed by atoms with Gasteiger partial charge in [0, 0.05) is 41.3 Å². The summed E-state index contributed by atoms with van der Waals surface area (Å²) in [6.45, 7) is -0.398. The molecule has 6 aromatic rings. The van der Waals surface area contributed by atoms with Crippen molar-refractivity contribution in [2.45, 2.75) is 13.8 Å². The van der Waals surface area contributed by atoms with Crippen LogP contribution in [0.15, 0.2) is 97.3 Å². The Kier molecular flexibility index (Phi) is 5.80. The monoisotopic (exact) mass is 640 g/mol. The molecule has 0 fully saturated rings. The summed E-state index contributed by atoms with van der Waals surface area (Å²) < 4.78 is 41.0. The average Bonchev–Trinajstić information content (AvgIpc) is 3.31. The van der Waals surface area contributed by atoms with E-state index in [0.717, 1.165) is 26.7 Å². The SMILES string of the molecule is [2H]c1c(C([2H])([2H])[2H])cnc(-c2[c-]ccc3c2sc2c(C)cccc23)c1[2H].[Ir].[c-]1ccccc1-c1ccccn1. The number of aryl methyl sites for hydroxylation is 2. The maximum absolute atomic E-state index is 8.29. The summed E-state index contributed by atoms with van der Waals surface area (Å²) in [6, 6.07) is 29.4. The van der Waals surface area contributed by atoms with E-state index in [9.17, 15) is 0 Å². The zero-order valence-electron chi connectivity index (χ0n) is 23.2. The number of aromatic nitrogens is 2. The van der Waals surface area contributed by atoms with Crippen molar-refractivity contribution in [1.82, 2.24) is 9.97 Å². The third-order valence-corrected chi connectivity index (χ3v) is 6.55. The number of thiophene rings is 1. The molecule has 4 heteroatoms. The molecule has 34 heavy (non-hydrogen) atoms. The number of nitrogens with zero attached hydrogens (tertiary/aromatic N) is 2. The molecule has 0 amide bonds. The van der Waals surface area contributed by atoms with Crippen LogP contribution in [0.25, 0.3) is 42.7 Å². The maximum atomic E-state index is 8.29. The van der Waals surface area contributed by atoms with Gasteiger partial charge in [-0.1, -0.05) is 47.8 Å². The van der Waals surface area contributed by atoms with Crippen molar-refractivity contribution in [2.24, 2.45) is 0 Å². The number of hydrogen-bond acceptors (Lipinski definition) is 3. The summed E-state index contributed by atoms with van der Waals surface area (Å²) in [4.78, 5) is 8.44. The second kappa shape index (κ2) is 10.8. The Morgan fingerprint density at radius 2 is 1.71 bits per heavy atom. The van der Waals surface area contributed by atoms with Gasteiger partial charge in [0.15, 0.2) is 0 Å². The van der Waals surface area contributed by atoms with Gasteiger partial charge in [0.25, 0.3) is 0 Å². The van der Waals surface area contributed by atoms with Crippen LogP contribution in [0, 0.1) is 25.9 Å². The van der Waals surface area contributed by atoms with Gasteiger partial charge < -0.3 is 9.97 Å². The fraction of sp³-hybridized carbons (Fsp3) is 0.0667. The average molecular weight is 640 g/mol. The molecule has 0 bridgehead atoms. The van der Waals surface area contributed by atoms with Gasteiger partial charge in [-0.2, -0.15) is 11.3 Å². The fourth-order valence-corrected chi connectivity index (χ4v) is 4.87. The van der Waals surface area contributed by atoms with Crippen molar-refractivity contribution in [3.8, 4) is 22.5 Å². The molecule has 0 spiro atoms. The van der Waals surface area contributed by atoms with Crippen LogP contribution in [0.2, 0.25) is 0 Å². The summed E-state index contributed by atoms with van der Waals surface area (Å²) in [5, 5.41) is 2.19. The van der Waals surface area contributed by atoms with Crippen LogP contribution >= 0.6 is 11.3 Å². The molecule has 2 nitrogen and oxygen atoms in total. The standard InChI is InChI=1S/C19H14NS.C11H8N.Ir/c1-12-9-10-17(20-11-12)16-8-4-7-15-14-6-3-5-13(2)18(14)21-19(15)16;1-2-6-10(7-3-1)11-8-4-5-9-12-11;/h3-7,9-11H,1-2H3;1-6,8-9H;/q2*-1;/i1D3,9D,10D;;. The number of benzene rings is 3. The Morgan fingerprint density at radius 3 is 2.50 bits per heavy atom. The molecule has 0 aliphatic rings. The van der Waals surface area contributed by atoms with Crippen LogP contribution < -0.4 is 0 Å². The second-order valence-corrected chi connectivity index (χ2v) is 8.43. The van der Waals surface area contributed by atoms with Gasteiger partial charge in [-0.15, -0.1) is 59.7 Å². The van der Waals surface area contributed by atoms with Gasteiger partial charge in [-0.25, -0.2) is 0 Å². The first-order valence-electron chi connectivity index (χ1n) is 12.9. The molecule has 0 saturated carbocycles. The minimum Gasteiger partial charge on any atom is -0.305 e. The molecule has 3 heterocycles. The molecule has 0 saturated heterocycles. The Bertz CT molecular complexity index is 1700. The van der Waals surface area contributed by atoms with E-state index in [1.54, 1.807) is 23.6 Å². The summed E-state index contributed by atoms with van der Waals surface area (Å²) in [5.74, 6) is 0. The van der Waals surface area contributed by atoms with Crippen LogP contribution in [0.1, 0.15) is 18.0 Å². The van der Waals surface area contributed by atoms with Crippen LogP contribution in [-0.2, 0) is 20.1 Å². The Hall–Kier alpha value is -3.17. The van der Waals surface area contributed by atoms with Gasteiger partial charge in [0.2, 0.25) is 0 Å². The molecule has 0 unspecified atom stereocenters. The summed E-state index contributed by atoms with van der Waals surface area (Å²) in [7, 11) is 0. The first kappa shape index (κ1) is 18.2. The van der Waals surface area contributed by atoms with Gasteiger partial charge in [-0.3, -0.25) is 0 Å². The molecule has 0 aliphatic heterocycles. The predicted molar refractivity (Wildman–Crippen MR) is 139 cm³/mol. The number of hydrogen-bond donors (Lipinski definition) is 0. The van der Waals surface area contributed by atoms with E-state index in [0.29, 0.717) is 5.56 Å². The minimum absolute atomic E-state index is 0. The van der Waals surface area contributed by atoms with E-state index < -0.39 is 6.85 Å². The molecular weight excluding hydrogens is 613 g/mol. The zero-order chi connectivity index (χ0) is 26.9. The van der Waals surface area contributed by atoms with Crippen LogP contribution in [0.3, 0.4) is 0 Å². The molecule has 0 aliphatic carbocycles. The van der Waals surface area contributed by atoms with Gasteiger partial charge in [-0.05, 0) is 52.4 Å². The molecule has 6 rings (SSSR count). The smallest absolute Gasteiger partial charge is 0.0618 e. The number of rotatable bonds is 2. The van der Waals surface area contributed by atoms with E-state index in [1.165, 1.54) is 16.5 Å². The Morgan fingerprint density at radius 1 is 0.824 bits per heavy atom. The molecule has 3 aromatic carbocycles. The zero-order valence-corrected chi connectivity index (χ0v) is 21.4. The van der Waals surface area contributed by atoms with Crippen LogP contribution in [0.4, 0.5) is 0 Å². The van der Waals surface area contributed by atoms with E-state index in [1.807, 2.05) is 54.6 Å². The number of fused-ring (bicyclic) bond motifs is 3. The van der Waals surface area contributed by atoms with Crippen LogP contribution in [-0.4, -0.2) is 9.97 Å². The molecule has 0 atom stereocenters. The van der Waals surface area contributed by atoms with Crippen molar-refractivity contribution >= 4 is 31.5 Å². The van der Waals surface area contributed by atoms with Gasteiger partial charge in [0.1, 0.15) is 0 Å². The largest absolute Gasteiger partial charge is 0.305 e. The van der Waals surface area contributed by atoms with E-state index >= 15 is 0 Å². The van der Waals surface area contributed by atoms with E-state index in [2.05, 4.69) is 41.2 Å². The normalized spacial score (nSPS) is 12.9. The van der Waals surface area contributed by atoms with Crippen molar-refractivity contribution in [3.63, 3.8) is 0 Å². The third kappa shape index (κ3) is 5.00.